The van der Waals surface area contributed by atoms with Gasteiger partial charge in [0.2, 0.25) is 0 Å². The van der Waals surface area contributed by atoms with Gasteiger partial charge in [-0.15, -0.1) is 0 Å². The molecule has 0 radical (unpaired) electrons. The number of aromatic nitrogens is 2. The van der Waals surface area contributed by atoms with Gasteiger partial charge in [-0.2, -0.15) is 5.10 Å². The maximum absolute atomic E-state index is 6.35. The van der Waals surface area contributed by atoms with E-state index in [9.17, 15) is 0 Å². The van der Waals surface area contributed by atoms with Crippen LogP contribution < -0.4 is 5.32 Å². The van der Waals surface area contributed by atoms with E-state index in [4.69, 9.17) is 16.3 Å². The van der Waals surface area contributed by atoms with E-state index in [1.165, 1.54) is 0 Å². The van der Waals surface area contributed by atoms with Gasteiger partial charge in [0, 0.05) is 19.6 Å². The van der Waals surface area contributed by atoms with Crippen LogP contribution in [0.1, 0.15) is 32.5 Å². The van der Waals surface area contributed by atoms with Crippen LogP contribution in [-0.2, 0) is 11.3 Å². The van der Waals surface area contributed by atoms with E-state index < -0.39 is 0 Å². The van der Waals surface area contributed by atoms with Gasteiger partial charge in [0.1, 0.15) is 0 Å². The van der Waals surface area contributed by atoms with Gasteiger partial charge in [-0.05, 0) is 20.0 Å². The molecule has 2 heterocycles. The van der Waals surface area contributed by atoms with Crippen LogP contribution >= 0.6 is 11.6 Å². The van der Waals surface area contributed by atoms with Gasteiger partial charge < -0.3 is 10.1 Å². The molecule has 1 saturated heterocycles. The van der Waals surface area contributed by atoms with Crippen LogP contribution in [0.2, 0.25) is 5.02 Å². The Hall–Kier alpha value is -0.620. The summed E-state index contributed by atoms with van der Waals surface area (Å²) in [4.78, 5) is 2.42. The summed E-state index contributed by atoms with van der Waals surface area (Å²) in [5.74, 6) is 0. The molecular formula is C14H25ClN4O. The first-order valence-electron chi connectivity index (χ1n) is 7.49. The number of morpholine rings is 1. The molecule has 114 valence electrons. The Bertz CT molecular complexity index is 423. The topological polar surface area (TPSA) is 42.3 Å². The maximum Gasteiger partial charge on any atom is 0.0912 e. The highest BCUT2D eigenvalue weighted by Crippen LogP contribution is 2.28. The number of likely N-dealkylation sites (N-methyl/N-ethyl adjacent to an activating group) is 2. The second-order valence-electron chi connectivity index (χ2n) is 5.03. The Morgan fingerprint density at radius 3 is 2.90 bits per heavy atom. The third kappa shape index (κ3) is 3.34. The summed E-state index contributed by atoms with van der Waals surface area (Å²) >= 11 is 6.35. The molecule has 1 fully saturated rings. The zero-order valence-corrected chi connectivity index (χ0v) is 13.4. The van der Waals surface area contributed by atoms with Crippen molar-refractivity contribution in [3.63, 3.8) is 0 Å². The summed E-state index contributed by atoms with van der Waals surface area (Å²) in [6.45, 7) is 11.8. The zero-order chi connectivity index (χ0) is 14.5. The van der Waals surface area contributed by atoms with E-state index in [0.29, 0.717) is 0 Å². The molecule has 6 heteroatoms. The first kappa shape index (κ1) is 15.8. The van der Waals surface area contributed by atoms with Crippen molar-refractivity contribution < 1.29 is 4.74 Å². The maximum atomic E-state index is 6.35. The Morgan fingerprint density at radius 2 is 2.25 bits per heavy atom. The van der Waals surface area contributed by atoms with E-state index in [1.54, 1.807) is 6.20 Å². The predicted molar refractivity (Wildman–Crippen MR) is 81.2 cm³/mol. The van der Waals surface area contributed by atoms with Crippen LogP contribution in [0.15, 0.2) is 6.20 Å². The summed E-state index contributed by atoms with van der Waals surface area (Å²) < 4.78 is 7.96. The van der Waals surface area contributed by atoms with Gasteiger partial charge in [0.15, 0.2) is 0 Å². The molecule has 0 amide bonds. The van der Waals surface area contributed by atoms with Gasteiger partial charge in [-0.25, -0.2) is 0 Å². The number of aryl methyl sites for hydroxylation is 1. The summed E-state index contributed by atoms with van der Waals surface area (Å²) in [5, 5.41) is 8.58. The van der Waals surface area contributed by atoms with Gasteiger partial charge in [0.05, 0.1) is 35.7 Å². The van der Waals surface area contributed by atoms with Crippen molar-refractivity contribution in [2.75, 3.05) is 32.8 Å². The molecule has 2 atom stereocenters. The minimum Gasteiger partial charge on any atom is -0.374 e. The van der Waals surface area contributed by atoms with Gasteiger partial charge >= 0.3 is 0 Å². The number of hydrogen-bond donors (Lipinski definition) is 1. The van der Waals surface area contributed by atoms with Crippen LogP contribution in [0.3, 0.4) is 0 Å². The van der Waals surface area contributed by atoms with Crippen LogP contribution in [-0.4, -0.2) is 53.6 Å². The molecule has 20 heavy (non-hydrogen) atoms. The van der Waals surface area contributed by atoms with Crippen LogP contribution in [0.5, 0.6) is 0 Å². The molecule has 1 aliphatic rings. The molecule has 1 N–H and O–H groups in total. The Morgan fingerprint density at radius 1 is 1.45 bits per heavy atom. The lowest BCUT2D eigenvalue weighted by molar-refractivity contribution is -0.0466. The number of nitrogens with one attached hydrogen (secondary N) is 1. The first-order chi connectivity index (χ1) is 9.71. The molecule has 0 aliphatic carbocycles. The van der Waals surface area contributed by atoms with Crippen molar-refractivity contribution >= 4 is 11.6 Å². The minimum atomic E-state index is 0.0873. The lowest BCUT2D eigenvalue weighted by atomic mass is 10.0. The largest absolute Gasteiger partial charge is 0.374 e. The van der Waals surface area contributed by atoms with E-state index in [0.717, 1.165) is 50.0 Å². The molecule has 0 spiro atoms. The fourth-order valence-corrected chi connectivity index (χ4v) is 3.04. The second-order valence-corrected chi connectivity index (χ2v) is 5.44. The van der Waals surface area contributed by atoms with Crippen molar-refractivity contribution in [3.8, 4) is 0 Å². The van der Waals surface area contributed by atoms with E-state index in [-0.39, 0.29) is 12.1 Å². The van der Waals surface area contributed by atoms with Crippen molar-refractivity contribution in [2.45, 2.75) is 39.5 Å². The van der Waals surface area contributed by atoms with E-state index in [2.05, 4.69) is 36.1 Å². The highest BCUT2D eigenvalue weighted by atomic mass is 35.5. The van der Waals surface area contributed by atoms with Gasteiger partial charge in [-0.1, -0.05) is 25.4 Å². The fraction of sp³-hybridized carbons (Fsp3) is 0.786. The smallest absolute Gasteiger partial charge is 0.0912 e. The van der Waals surface area contributed by atoms with Crippen LogP contribution in [0.4, 0.5) is 0 Å². The quantitative estimate of drug-likeness (QED) is 0.872. The third-order valence-corrected chi connectivity index (χ3v) is 4.14. The number of ether oxygens (including phenoxy) is 1. The number of halogens is 1. The Kier molecular flexibility index (Phi) is 5.84. The number of rotatable bonds is 6. The van der Waals surface area contributed by atoms with Crippen molar-refractivity contribution in [1.29, 1.82) is 0 Å². The lowest BCUT2D eigenvalue weighted by Gasteiger charge is -2.37. The summed E-state index contributed by atoms with van der Waals surface area (Å²) in [6.07, 6.45) is 1.84. The molecule has 1 aliphatic heterocycles. The average molecular weight is 301 g/mol. The molecule has 0 saturated carbocycles. The summed E-state index contributed by atoms with van der Waals surface area (Å²) in [7, 11) is 0. The number of nitrogens with zero attached hydrogens (tertiary/aromatic N) is 3. The van der Waals surface area contributed by atoms with Gasteiger partial charge in [0.25, 0.3) is 0 Å². The van der Waals surface area contributed by atoms with Crippen molar-refractivity contribution in [1.82, 2.24) is 20.0 Å². The molecule has 2 rings (SSSR count). The molecule has 0 bridgehead atoms. The normalized spacial score (nSPS) is 22.1. The Labute approximate surface area is 126 Å². The third-order valence-electron chi connectivity index (χ3n) is 3.85. The summed E-state index contributed by atoms with van der Waals surface area (Å²) in [6, 6.07) is 0.0873. The van der Waals surface area contributed by atoms with Crippen LogP contribution in [0.25, 0.3) is 0 Å². The fourth-order valence-electron chi connectivity index (χ4n) is 2.78. The van der Waals surface area contributed by atoms with E-state index in [1.807, 2.05) is 4.68 Å². The SMILES string of the molecule is CCNC(c1c(Cl)cnn1CC)C1CN(CC)CCO1. The molecule has 0 aromatic carbocycles. The van der Waals surface area contributed by atoms with Gasteiger partial charge in [-0.3, -0.25) is 9.58 Å². The molecule has 2 unspecified atom stereocenters. The minimum absolute atomic E-state index is 0.0873. The highest BCUT2D eigenvalue weighted by Gasteiger charge is 2.31. The molecular weight excluding hydrogens is 276 g/mol. The van der Waals surface area contributed by atoms with Crippen molar-refractivity contribution in [2.24, 2.45) is 0 Å². The average Bonchev–Trinajstić information content (AvgIpc) is 2.85. The lowest BCUT2D eigenvalue weighted by Crippen LogP contribution is -2.48. The molecule has 5 nitrogen and oxygen atoms in total. The highest BCUT2D eigenvalue weighted by molar-refractivity contribution is 6.31. The molecule has 1 aromatic heterocycles. The monoisotopic (exact) mass is 300 g/mol. The predicted octanol–water partition coefficient (Wildman–Crippen LogP) is 1.93. The van der Waals surface area contributed by atoms with Crippen molar-refractivity contribution in [3.05, 3.63) is 16.9 Å². The number of hydrogen-bond acceptors (Lipinski definition) is 4. The standard InChI is InChI=1S/C14H25ClN4O/c1-4-16-13(12-10-18(5-2)7-8-20-12)14-11(15)9-17-19(14)6-3/h9,12-13,16H,4-8,10H2,1-3H3. The zero-order valence-electron chi connectivity index (χ0n) is 12.6. The first-order valence-corrected chi connectivity index (χ1v) is 7.87. The Balaban J connectivity index is 2.23. The van der Waals surface area contributed by atoms with E-state index >= 15 is 0 Å². The van der Waals surface area contributed by atoms with Crippen LogP contribution in [0, 0.1) is 0 Å². The summed E-state index contributed by atoms with van der Waals surface area (Å²) in [5.41, 5.74) is 1.04. The second kappa shape index (κ2) is 7.41. The molecule has 1 aromatic rings.